The second-order valence-corrected chi connectivity index (χ2v) is 8.22. The van der Waals surface area contributed by atoms with Gasteiger partial charge in [0.15, 0.2) is 0 Å². The molecule has 0 aliphatic rings. The maximum atomic E-state index is 4.60. The molecule has 0 aliphatic heterocycles. The van der Waals surface area contributed by atoms with Crippen molar-refractivity contribution in [3.63, 3.8) is 0 Å². The summed E-state index contributed by atoms with van der Waals surface area (Å²) in [4.78, 5) is 4.60. The molecule has 0 fully saturated rings. The van der Waals surface area contributed by atoms with Gasteiger partial charge in [0.2, 0.25) is 0 Å². The second-order valence-electron chi connectivity index (χ2n) is 7.28. The van der Waals surface area contributed by atoms with E-state index in [-0.39, 0.29) is 5.54 Å². The number of nitrogens with one attached hydrogen (secondary N) is 1. The molecule has 0 aromatic carbocycles. The van der Waals surface area contributed by atoms with Crippen molar-refractivity contribution in [2.75, 3.05) is 6.54 Å². The number of aromatic nitrogens is 1. The van der Waals surface area contributed by atoms with Crippen LogP contribution in [0, 0.1) is 18.3 Å². The zero-order valence-corrected chi connectivity index (χ0v) is 13.7. The smallest absolute Gasteiger partial charge is 0.0931 e. The van der Waals surface area contributed by atoms with E-state index in [4.69, 9.17) is 0 Å². The third-order valence-corrected chi connectivity index (χ3v) is 4.18. The Morgan fingerprint density at radius 3 is 2.22 bits per heavy atom. The molecule has 0 aliphatic carbocycles. The molecule has 1 aromatic rings. The van der Waals surface area contributed by atoms with Gasteiger partial charge in [-0.25, -0.2) is 4.98 Å². The van der Waals surface area contributed by atoms with Crippen molar-refractivity contribution < 1.29 is 0 Å². The van der Waals surface area contributed by atoms with Crippen LogP contribution in [0.2, 0.25) is 0 Å². The summed E-state index contributed by atoms with van der Waals surface area (Å²) in [5.74, 6) is 0.613. The minimum absolute atomic E-state index is 0.183. The molecule has 1 rings (SSSR count). The van der Waals surface area contributed by atoms with Gasteiger partial charge < -0.3 is 5.32 Å². The van der Waals surface area contributed by atoms with Gasteiger partial charge in [0, 0.05) is 23.0 Å². The van der Waals surface area contributed by atoms with E-state index in [1.165, 1.54) is 5.01 Å². The van der Waals surface area contributed by atoms with Gasteiger partial charge in [-0.2, -0.15) is 0 Å². The van der Waals surface area contributed by atoms with E-state index in [9.17, 15) is 0 Å². The number of hydrogen-bond acceptors (Lipinski definition) is 3. The van der Waals surface area contributed by atoms with Gasteiger partial charge in [-0.05, 0) is 45.6 Å². The first-order chi connectivity index (χ1) is 8.08. The lowest BCUT2D eigenvalue weighted by atomic mass is 9.78. The van der Waals surface area contributed by atoms with Crippen LogP contribution in [0.4, 0.5) is 0 Å². The first-order valence-corrected chi connectivity index (χ1v) is 7.62. The van der Waals surface area contributed by atoms with Crippen molar-refractivity contribution in [1.82, 2.24) is 10.3 Å². The standard InChI is InChI=1S/C15H28N2S/c1-11-10-18-13(17-11)8-12(14(2,3)4)9-16-15(5,6)7/h10,12,16H,8-9H2,1-7H3. The third kappa shape index (κ3) is 5.49. The van der Waals surface area contributed by atoms with Gasteiger partial charge in [0.05, 0.1) is 5.01 Å². The van der Waals surface area contributed by atoms with Gasteiger partial charge in [-0.15, -0.1) is 11.3 Å². The fourth-order valence-electron chi connectivity index (χ4n) is 1.82. The molecule has 0 saturated carbocycles. The summed E-state index contributed by atoms with van der Waals surface area (Å²) in [5.41, 5.74) is 1.63. The average Bonchev–Trinajstić information content (AvgIpc) is 2.55. The van der Waals surface area contributed by atoms with E-state index >= 15 is 0 Å². The number of hydrogen-bond donors (Lipinski definition) is 1. The minimum Gasteiger partial charge on any atom is -0.312 e. The predicted molar refractivity (Wildman–Crippen MR) is 81.3 cm³/mol. The van der Waals surface area contributed by atoms with Gasteiger partial charge >= 0.3 is 0 Å². The zero-order chi connectivity index (χ0) is 14.0. The van der Waals surface area contributed by atoms with Gasteiger partial charge in [0.1, 0.15) is 0 Å². The number of aryl methyl sites for hydroxylation is 1. The van der Waals surface area contributed by atoms with Crippen LogP contribution < -0.4 is 5.32 Å². The summed E-state index contributed by atoms with van der Waals surface area (Å²) in [6.07, 6.45) is 1.07. The van der Waals surface area contributed by atoms with Gasteiger partial charge in [-0.3, -0.25) is 0 Å². The molecule has 104 valence electrons. The highest BCUT2D eigenvalue weighted by Gasteiger charge is 2.26. The number of nitrogens with zero attached hydrogens (tertiary/aromatic N) is 1. The summed E-state index contributed by atoms with van der Waals surface area (Å²) in [6.45, 7) is 16.7. The Morgan fingerprint density at radius 1 is 1.22 bits per heavy atom. The Labute approximate surface area is 116 Å². The Morgan fingerprint density at radius 2 is 1.83 bits per heavy atom. The molecule has 1 aromatic heterocycles. The van der Waals surface area contributed by atoms with Crippen LogP contribution >= 0.6 is 11.3 Å². The van der Waals surface area contributed by atoms with E-state index < -0.39 is 0 Å². The van der Waals surface area contributed by atoms with Crippen LogP contribution in [-0.4, -0.2) is 17.1 Å². The van der Waals surface area contributed by atoms with Crippen LogP contribution in [0.5, 0.6) is 0 Å². The van der Waals surface area contributed by atoms with Gasteiger partial charge in [0.25, 0.3) is 0 Å². The minimum atomic E-state index is 0.183. The molecule has 3 heteroatoms. The molecule has 1 atom stereocenters. The normalized spacial score (nSPS) is 14.8. The summed E-state index contributed by atoms with van der Waals surface area (Å²) >= 11 is 1.79. The number of thiazole rings is 1. The molecule has 0 amide bonds. The van der Waals surface area contributed by atoms with E-state index in [1.54, 1.807) is 11.3 Å². The van der Waals surface area contributed by atoms with Crippen LogP contribution in [0.1, 0.15) is 52.2 Å². The molecule has 1 N–H and O–H groups in total. The van der Waals surface area contributed by atoms with Crippen LogP contribution in [-0.2, 0) is 6.42 Å². The van der Waals surface area contributed by atoms with Crippen molar-refractivity contribution in [1.29, 1.82) is 0 Å². The van der Waals surface area contributed by atoms with E-state index in [1.807, 2.05) is 0 Å². The Hall–Kier alpha value is -0.410. The average molecular weight is 268 g/mol. The topological polar surface area (TPSA) is 24.9 Å². The lowest BCUT2D eigenvalue weighted by molar-refractivity contribution is 0.214. The van der Waals surface area contributed by atoms with E-state index in [0.29, 0.717) is 11.3 Å². The largest absolute Gasteiger partial charge is 0.312 e. The Balaban J connectivity index is 2.68. The Bertz CT molecular complexity index is 369. The van der Waals surface area contributed by atoms with Crippen molar-refractivity contribution in [3.8, 4) is 0 Å². The molecule has 1 unspecified atom stereocenters. The molecule has 18 heavy (non-hydrogen) atoms. The number of rotatable bonds is 4. The molecule has 0 saturated heterocycles. The summed E-state index contributed by atoms with van der Waals surface area (Å²) in [7, 11) is 0. The van der Waals surface area contributed by atoms with Crippen molar-refractivity contribution in [2.45, 2.75) is 60.4 Å². The SMILES string of the molecule is Cc1csc(CC(CNC(C)(C)C)C(C)(C)C)n1. The van der Waals surface area contributed by atoms with Crippen molar-refractivity contribution in [2.24, 2.45) is 11.3 Å². The van der Waals surface area contributed by atoms with Gasteiger partial charge in [-0.1, -0.05) is 20.8 Å². The molecule has 0 bridgehead atoms. The maximum absolute atomic E-state index is 4.60. The molecular formula is C15H28N2S. The highest BCUT2D eigenvalue weighted by atomic mass is 32.1. The first kappa shape index (κ1) is 15.6. The van der Waals surface area contributed by atoms with E-state index in [2.05, 4.69) is 64.1 Å². The summed E-state index contributed by atoms with van der Waals surface area (Å²) in [6, 6.07) is 0. The fraction of sp³-hybridized carbons (Fsp3) is 0.800. The van der Waals surface area contributed by atoms with E-state index in [0.717, 1.165) is 18.7 Å². The van der Waals surface area contributed by atoms with Crippen LogP contribution in [0.15, 0.2) is 5.38 Å². The van der Waals surface area contributed by atoms with Crippen molar-refractivity contribution >= 4 is 11.3 Å². The second kappa shape index (κ2) is 5.70. The first-order valence-electron chi connectivity index (χ1n) is 6.74. The lowest BCUT2D eigenvalue weighted by Gasteiger charge is -2.33. The zero-order valence-electron chi connectivity index (χ0n) is 12.9. The maximum Gasteiger partial charge on any atom is 0.0931 e. The predicted octanol–water partition coefficient (Wildman–Crippen LogP) is 4.04. The monoisotopic (exact) mass is 268 g/mol. The molecular weight excluding hydrogens is 240 g/mol. The van der Waals surface area contributed by atoms with Crippen LogP contribution in [0.25, 0.3) is 0 Å². The van der Waals surface area contributed by atoms with Crippen molar-refractivity contribution in [3.05, 3.63) is 16.1 Å². The molecule has 1 heterocycles. The fourth-order valence-corrected chi connectivity index (χ4v) is 2.67. The molecule has 0 spiro atoms. The third-order valence-electron chi connectivity index (χ3n) is 3.19. The highest BCUT2D eigenvalue weighted by molar-refractivity contribution is 7.09. The lowest BCUT2D eigenvalue weighted by Crippen LogP contribution is -2.42. The summed E-state index contributed by atoms with van der Waals surface area (Å²) < 4.78 is 0. The van der Waals surface area contributed by atoms with Crippen LogP contribution in [0.3, 0.4) is 0 Å². The Kier molecular flexibility index (Phi) is 4.96. The quantitative estimate of drug-likeness (QED) is 0.891. The highest BCUT2D eigenvalue weighted by Crippen LogP contribution is 2.30. The molecule has 2 nitrogen and oxygen atoms in total. The summed E-state index contributed by atoms with van der Waals surface area (Å²) in [5, 5.41) is 7.04. The molecule has 0 radical (unpaired) electrons.